The van der Waals surface area contributed by atoms with Crippen LogP contribution in [0.2, 0.25) is 0 Å². The van der Waals surface area contributed by atoms with Crippen molar-refractivity contribution < 1.29 is 9.90 Å². The lowest BCUT2D eigenvalue weighted by Gasteiger charge is -2.38. The lowest BCUT2D eigenvalue weighted by atomic mass is 9.90. The van der Waals surface area contributed by atoms with Gasteiger partial charge in [-0.05, 0) is 37.5 Å². The Morgan fingerprint density at radius 1 is 1.56 bits per heavy atom. The van der Waals surface area contributed by atoms with Crippen molar-refractivity contribution in [2.45, 2.75) is 25.3 Å². The molecular formula is C13H17BrN2O2. The zero-order valence-electron chi connectivity index (χ0n) is 10.3. The van der Waals surface area contributed by atoms with Crippen LogP contribution in [0.15, 0.2) is 22.7 Å². The summed E-state index contributed by atoms with van der Waals surface area (Å²) >= 11 is 3.50. The second-order valence-corrected chi connectivity index (χ2v) is 5.77. The molecule has 3 N–H and O–H groups in total. The molecule has 1 fully saturated rings. The summed E-state index contributed by atoms with van der Waals surface area (Å²) in [5.74, 6) is -0.918. The van der Waals surface area contributed by atoms with E-state index >= 15 is 0 Å². The summed E-state index contributed by atoms with van der Waals surface area (Å²) in [5.41, 5.74) is 6.99. The van der Waals surface area contributed by atoms with Gasteiger partial charge in [0.15, 0.2) is 0 Å². The molecule has 1 heterocycles. The molecule has 1 aliphatic rings. The van der Waals surface area contributed by atoms with Crippen LogP contribution in [0.5, 0.6) is 0 Å². The monoisotopic (exact) mass is 312 g/mol. The minimum absolute atomic E-state index is 0.359. The van der Waals surface area contributed by atoms with E-state index in [1.807, 2.05) is 30.0 Å². The maximum absolute atomic E-state index is 11.2. The van der Waals surface area contributed by atoms with Gasteiger partial charge in [-0.1, -0.05) is 22.0 Å². The molecule has 2 rings (SSSR count). The van der Waals surface area contributed by atoms with E-state index in [1.54, 1.807) is 0 Å². The Balaban J connectivity index is 2.23. The molecule has 0 aromatic heterocycles. The highest BCUT2D eigenvalue weighted by atomic mass is 79.9. The van der Waals surface area contributed by atoms with Crippen molar-refractivity contribution in [2.75, 3.05) is 18.0 Å². The standard InChI is InChI=1S/C13H17BrN2O2/c1-9-3-4-10(7-11(9)14)16-6-2-5-13(15,8-16)12(17)18/h3-4,7H,2,5-6,8,15H2,1H3,(H,17,18). The van der Waals surface area contributed by atoms with Crippen molar-refractivity contribution in [3.8, 4) is 0 Å². The highest BCUT2D eigenvalue weighted by Crippen LogP contribution is 2.28. The molecule has 1 saturated heterocycles. The fraction of sp³-hybridized carbons (Fsp3) is 0.462. The number of hydrogen-bond acceptors (Lipinski definition) is 3. The second-order valence-electron chi connectivity index (χ2n) is 4.92. The van der Waals surface area contributed by atoms with Crippen LogP contribution < -0.4 is 10.6 Å². The van der Waals surface area contributed by atoms with Crippen LogP contribution in [0.4, 0.5) is 5.69 Å². The van der Waals surface area contributed by atoms with E-state index in [0.717, 1.165) is 28.7 Å². The molecule has 0 radical (unpaired) electrons. The van der Waals surface area contributed by atoms with Crippen molar-refractivity contribution in [1.29, 1.82) is 0 Å². The lowest BCUT2D eigenvalue weighted by molar-refractivity contribution is -0.143. The molecule has 18 heavy (non-hydrogen) atoms. The lowest BCUT2D eigenvalue weighted by Crippen LogP contribution is -2.59. The summed E-state index contributed by atoms with van der Waals surface area (Å²) in [5, 5.41) is 9.20. The molecule has 1 aromatic carbocycles. The number of carboxylic acid groups (broad SMARTS) is 1. The largest absolute Gasteiger partial charge is 0.480 e. The quantitative estimate of drug-likeness (QED) is 0.878. The Hall–Kier alpha value is -1.07. The Kier molecular flexibility index (Phi) is 3.64. The third kappa shape index (κ3) is 2.52. The van der Waals surface area contributed by atoms with Crippen LogP contribution >= 0.6 is 15.9 Å². The number of benzene rings is 1. The van der Waals surface area contributed by atoms with Crippen LogP contribution in [-0.4, -0.2) is 29.7 Å². The highest BCUT2D eigenvalue weighted by molar-refractivity contribution is 9.10. The maximum Gasteiger partial charge on any atom is 0.325 e. The van der Waals surface area contributed by atoms with Gasteiger partial charge in [0.05, 0.1) is 0 Å². The molecule has 1 atom stereocenters. The molecule has 1 aromatic rings. The first-order chi connectivity index (χ1) is 8.42. The molecular weight excluding hydrogens is 296 g/mol. The van der Waals surface area contributed by atoms with Crippen molar-refractivity contribution in [2.24, 2.45) is 5.73 Å². The summed E-state index contributed by atoms with van der Waals surface area (Å²) < 4.78 is 1.03. The van der Waals surface area contributed by atoms with E-state index in [2.05, 4.69) is 15.9 Å². The number of hydrogen-bond donors (Lipinski definition) is 2. The first kappa shape index (κ1) is 13.4. The Morgan fingerprint density at radius 3 is 2.89 bits per heavy atom. The van der Waals surface area contributed by atoms with Crippen LogP contribution in [-0.2, 0) is 4.79 Å². The van der Waals surface area contributed by atoms with Crippen molar-refractivity contribution in [1.82, 2.24) is 0 Å². The SMILES string of the molecule is Cc1ccc(N2CCCC(N)(C(=O)O)C2)cc1Br. The van der Waals surface area contributed by atoms with Gasteiger partial charge in [0.1, 0.15) is 5.54 Å². The molecule has 4 nitrogen and oxygen atoms in total. The van der Waals surface area contributed by atoms with Gasteiger partial charge in [-0.15, -0.1) is 0 Å². The Bertz CT molecular complexity index is 478. The first-order valence-corrected chi connectivity index (χ1v) is 6.75. The molecule has 0 saturated carbocycles. The minimum atomic E-state index is -1.13. The fourth-order valence-corrected chi connectivity index (χ4v) is 2.62. The van der Waals surface area contributed by atoms with Gasteiger partial charge in [-0.3, -0.25) is 4.79 Å². The van der Waals surface area contributed by atoms with Gasteiger partial charge in [0, 0.05) is 23.2 Å². The van der Waals surface area contributed by atoms with Crippen molar-refractivity contribution >= 4 is 27.6 Å². The van der Waals surface area contributed by atoms with Crippen LogP contribution in [0.3, 0.4) is 0 Å². The number of piperidine rings is 1. The molecule has 5 heteroatoms. The Labute approximate surface area is 115 Å². The Morgan fingerprint density at radius 2 is 2.28 bits per heavy atom. The van der Waals surface area contributed by atoms with Crippen LogP contribution in [0, 0.1) is 6.92 Å². The zero-order valence-corrected chi connectivity index (χ0v) is 11.9. The van der Waals surface area contributed by atoms with E-state index < -0.39 is 11.5 Å². The molecule has 0 spiro atoms. The van der Waals surface area contributed by atoms with Crippen molar-refractivity contribution in [3.63, 3.8) is 0 Å². The number of anilines is 1. The number of aliphatic carboxylic acids is 1. The highest BCUT2D eigenvalue weighted by Gasteiger charge is 2.38. The number of rotatable bonds is 2. The average Bonchev–Trinajstić information content (AvgIpc) is 2.32. The van der Waals surface area contributed by atoms with E-state index in [1.165, 1.54) is 0 Å². The van der Waals surface area contributed by atoms with Crippen LogP contribution in [0.1, 0.15) is 18.4 Å². The topological polar surface area (TPSA) is 66.6 Å². The van der Waals surface area contributed by atoms with Gasteiger partial charge in [-0.2, -0.15) is 0 Å². The third-order valence-corrected chi connectivity index (χ3v) is 4.32. The van der Waals surface area contributed by atoms with Crippen molar-refractivity contribution in [3.05, 3.63) is 28.2 Å². The molecule has 0 bridgehead atoms. The molecule has 0 aliphatic carbocycles. The molecule has 0 amide bonds. The van der Waals surface area contributed by atoms with Gasteiger partial charge < -0.3 is 15.7 Å². The smallest absolute Gasteiger partial charge is 0.325 e. The number of nitrogens with zero attached hydrogens (tertiary/aromatic N) is 1. The summed E-state index contributed by atoms with van der Waals surface area (Å²) in [6, 6.07) is 6.05. The summed E-state index contributed by atoms with van der Waals surface area (Å²) in [6.45, 7) is 3.23. The van der Waals surface area contributed by atoms with Gasteiger partial charge in [0.25, 0.3) is 0 Å². The summed E-state index contributed by atoms with van der Waals surface area (Å²) in [4.78, 5) is 13.3. The molecule has 1 aliphatic heterocycles. The molecule has 98 valence electrons. The predicted molar refractivity (Wildman–Crippen MR) is 74.9 cm³/mol. The number of carbonyl (C=O) groups is 1. The zero-order chi connectivity index (χ0) is 13.3. The number of aryl methyl sites for hydroxylation is 1. The van der Waals surface area contributed by atoms with E-state index in [-0.39, 0.29) is 0 Å². The third-order valence-electron chi connectivity index (χ3n) is 3.47. The number of carboxylic acids is 1. The van der Waals surface area contributed by atoms with E-state index in [4.69, 9.17) is 5.73 Å². The normalized spacial score (nSPS) is 24.1. The average molecular weight is 313 g/mol. The maximum atomic E-state index is 11.2. The minimum Gasteiger partial charge on any atom is -0.480 e. The van der Waals surface area contributed by atoms with Gasteiger partial charge >= 0.3 is 5.97 Å². The summed E-state index contributed by atoms with van der Waals surface area (Å²) in [6.07, 6.45) is 1.33. The van der Waals surface area contributed by atoms with Gasteiger partial charge in [-0.25, -0.2) is 0 Å². The first-order valence-electron chi connectivity index (χ1n) is 5.96. The predicted octanol–water partition coefficient (Wildman–Crippen LogP) is 2.14. The van der Waals surface area contributed by atoms with Gasteiger partial charge in [0.2, 0.25) is 0 Å². The second kappa shape index (κ2) is 4.90. The van der Waals surface area contributed by atoms with E-state index in [9.17, 15) is 9.90 Å². The molecule has 1 unspecified atom stereocenters. The van der Waals surface area contributed by atoms with Crippen LogP contribution in [0.25, 0.3) is 0 Å². The summed E-state index contributed by atoms with van der Waals surface area (Å²) in [7, 11) is 0. The number of nitrogens with two attached hydrogens (primary N) is 1. The van der Waals surface area contributed by atoms with E-state index in [0.29, 0.717) is 13.0 Å². The fourth-order valence-electron chi connectivity index (χ4n) is 2.26. The number of halogens is 1.